The second-order valence-corrected chi connectivity index (χ2v) is 18.8. The first-order valence-corrected chi connectivity index (χ1v) is 24.4. The number of morpholine rings is 1. The molecule has 3 amide bonds. The van der Waals surface area contributed by atoms with Gasteiger partial charge in [-0.3, -0.25) is 29.4 Å². The Kier molecular flexibility index (Phi) is 12.5. The fraction of sp³-hybridized carbons (Fsp3) is 0.263. The van der Waals surface area contributed by atoms with Crippen LogP contribution in [0.15, 0.2) is 158 Å². The lowest BCUT2D eigenvalue weighted by Gasteiger charge is -2.46. The molecule has 0 unspecified atom stereocenters. The zero-order chi connectivity index (χ0) is 50.2. The number of fused-ring (bicyclic) bond motifs is 3. The lowest BCUT2D eigenvalue weighted by Crippen LogP contribution is -2.59. The van der Waals surface area contributed by atoms with Gasteiger partial charge in [0.25, 0.3) is 5.69 Å². The summed E-state index contributed by atoms with van der Waals surface area (Å²) >= 11 is 0. The highest BCUT2D eigenvalue weighted by Crippen LogP contribution is 2.66. The number of cyclic esters (lactones) is 1. The van der Waals surface area contributed by atoms with E-state index in [4.69, 9.17) is 9.47 Å². The van der Waals surface area contributed by atoms with Crippen LogP contribution in [0.3, 0.4) is 0 Å². The van der Waals surface area contributed by atoms with Crippen LogP contribution in [0.5, 0.6) is 5.75 Å². The van der Waals surface area contributed by atoms with E-state index in [1.165, 1.54) is 36.4 Å². The summed E-state index contributed by atoms with van der Waals surface area (Å²) in [7, 11) is 0. The number of piperazine rings is 1. The van der Waals surface area contributed by atoms with E-state index >= 15 is 14.4 Å². The maximum atomic E-state index is 16.7. The number of carbonyl (C=O) groups excluding carboxylic acids is 4. The largest absolute Gasteiger partial charge is 0.508 e. The number of non-ortho nitro benzene ring substituents is 1. The third-order valence-corrected chi connectivity index (χ3v) is 14.7. The van der Waals surface area contributed by atoms with E-state index in [2.05, 4.69) is 27.9 Å². The summed E-state index contributed by atoms with van der Waals surface area (Å²) in [6.45, 7) is 0.718. The lowest BCUT2D eigenvalue weighted by atomic mass is 9.65. The van der Waals surface area contributed by atoms with Crippen molar-refractivity contribution in [2.45, 2.75) is 61.9 Å². The molecule has 16 nitrogen and oxygen atoms in total. The van der Waals surface area contributed by atoms with Crippen molar-refractivity contribution in [3.8, 4) is 17.6 Å². The predicted molar refractivity (Wildman–Crippen MR) is 268 cm³/mol. The molecule has 6 aromatic rings. The van der Waals surface area contributed by atoms with Gasteiger partial charge in [-0.2, -0.15) is 0 Å². The number of aromatic nitrogens is 2. The molecule has 0 radical (unpaired) electrons. The lowest BCUT2D eigenvalue weighted by molar-refractivity contribution is -0.384. The van der Waals surface area contributed by atoms with Crippen LogP contribution in [0.4, 0.5) is 22.1 Å². The number of imide groups is 1. The Balaban J connectivity index is 1.13. The standard InChI is InChI=1S/C57H49N7O9/c65-44-26-22-42(23-27-44)51-57(45-35-38(18-17-37-11-4-1-5-12-37)21-28-46(45)62(54(57)68)56(69)72-36-39-19-24-43(25-20-39)64(70)71)47(52(66)60-31-33-61(34-32-60)55-58-29-10-30-59-55)49-53(67)73-50(41-15-8-3-9-16-41)48(63(49)51)40-13-6-2-7-14-40/h2-3,6-11,13-16,19-30,35,47-51,65H,1,4-5,12,31-34,36H2/t47-,48-,49-,50+,51+,57-/m1/s1. The van der Waals surface area contributed by atoms with Gasteiger partial charge in [-0.25, -0.2) is 19.7 Å². The van der Waals surface area contributed by atoms with E-state index in [9.17, 15) is 20.0 Å². The van der Waals surface area contributed by atoms with Gasteiger partial charge in [0.15, 0.2) is 0 Å². The number of phenolic OH excluding ortho intramolecular Hbond substituents is 1. The number of anilines is 2. The highest BCUT2D eigenvalue weighted by molar-refractivity contribution is 6.23. The zero-order valence-corrected chi connectivity index (χ0v) is 39.5. The van der Waals surface area contributed by atoms with Crippen molar-refractivity contribution in [3.63, 3.8) is 0 Å². The highest BCUT2D eigenvalue weighted by atomic mass is 16.6. The molecule has 1 aromatic heterocycles. The molecule has 3 saturated heterocycles. The predicted octanol–water partition coefficient (Wildman–Crippen LogP) is 8.29. The van der Waals surface area contributed by atoms with Gasteiger partial charge in [0.2, 0.25) is 17.8 Å². The normalized spacial score (nSPS) is 23.4. The Bertz CT molecular complexity index is 3190. The molecule has 5 aromatic carbocycles. The van der Waals surface area contributed by atoms with Crippen molar-refractivity contribution in [2.75, 3.05) is 36.0 Å². The Morgan fingerprint density at radius 1 is 0.795 bits per heavy atom. The second-order valence-electron chi connectivity index (χ2n) is 18.8. The minimum Gasteiger partial charge on any atom is -0.508 e. The monoisotopic (exact) mass is 975 g/mol. The zero-order valence-electron chi connectivity index (χ0n) is 39.5. The smallest absolute Gasteiger partial charge is 0.421 e. The van der Waals surface area contributed by atoms with E-state index in [1.54, 1.807) is 53.7 Å². The quantitative estimate of drug-likeness (QED) is 0.0665. The molecular formula is C57H49N7O9. The van der Waals surface area contributed by atoms with Crippen LogP contribution in [-0.2, 0) is 35.9 Å². The number of hydrogen-bond acceptors (Lipinski definition) is 13. The first-order chi connectivity index (χ1) is 35.6. The number of hydrogen-bond donors (Lipinski definition) is 1. The van der Waals surface area contributed by atoms with E-state index in [1.807, 2.05) is 70.5 Å². The molecule has 1 N–H and O–H groups in total. The van der Waals surface area contributed by atoms with Gasteiger partial charge in [0, 0.05) is 56.3 Å². The van der Waals surface area contributed by atoms with Gasteiger partial charge in [0.05, 0.1) is 28.6 Å². The summed E-state index contributed by atoms with van der Waals surface area (Å²) in [5.41, 5.74) is 2.03. The molecule has 73 heavy (non-hydrogen) atoms. The molecule has 5 aliphatic rings. The number of nitro benzene ring substituents is 1. The number of nitro groups is 1. The molecule has 4 aliphatic heterocycles. The first-order valence-electron chi connectivity index (χ1n) is 24.4. The molecule has 0 saturated carbocycles. The second kappa shape index (κ2) is 19.5. The summed E-state index contributed by atoms with van der Waals surface area (Å²) < 4.78 is 12.6. The Morgan fingerprint density at radius 3 is 2.16 bits per heavy atom. The first kappa shape index (κ1) is 46.7. The van der Waals surface area contributed by atoms with E-state index in [0.717, 1.165) is 41.7 Å². The highest BCUT2D eigenvalue weighted by Gasteiger charge is 2.76. The Labute approximate surface area is 420 Å². The topological polar surface area (TPSA) is 189 Å². The number of benzene rings is 5. The van der Waals surface area contributed by atoms with Crippen molar-refractivity contribution in [2.24, 2.45) is 5.92 Å². The van der Waals surface area contributed by atoms with Crippen molar-refractivity contribution < 1.29 is 38.7 Å². The average molecular weight is 976 g/mol. The molecule has 0 bridgehead atoms. The van der Waals surface area contributed by atoms with Crippen molar-refractivity contribution in [1.29, 1.82) is 0 Å². The van der Waals surface area contributed by atoms with Crippen LogP contribution in [0.25, 0.3) is 0 Å². The van der Waals surface area contributed by atoms with Crippen molar-refractivity contribution in [3.05, 3.63) is 201 Å². The molecular weight excluding hydrogens is 927 g/mol. The van der Waals surface area contributed by atoms with Crippen molar-refractivity contribution in [1.82, 2.24) is 19.8 Å². The molecule has 1 aliphatic carbocycles. The Morgan fingerprint density at radius 2 is 1.49 bits per heavy atom. The van der Waals surface area contributed by atoms with Crippen LogP contribution < -0.4 is 9.80 Å². The van der Waals surface area contributed by atoms with Gasteiger partial charge < -0.3 is 24.4 Å². The molecule has 11 rings (SSSR count). The summed E-state index contributed by atoms with van der Waals surface area (Å²) in [6.07, 6.45) is 7.24. The summed E-state index contributed by atoms with van der Waals surface area (Å²) in [5.74, 6) is 3.55. The van der Waals surface area contributed by atoms with E-state index in [-0.39, 0.29) is 42.4 Å². The van der Waals surface area contributed by atoms with E-state index < -0.39 is 64.4 Å². The number of aromatic hydroxyl groups is 1. The minimum absolute atomic E-state index is 0.0516. The number of ether oxygens (including phenoxy) is 2. The molecule has 3 fully saturated rings. The fourth-order valence-corrected chi connectivity index (χ4v) is 11.4. The van der Waals surface area contributed by atoms with Gasteiger partial charge in [-0.1, -0.05) is 90.7 Å². The van der Waals surface area contributed by atoms with Crippen LogP contribution in [-0.4, -0.2) is 85.9 Å². The number of nitrogens with zero attached hydrogens (tertiary/aromatic N) is 7. The summed E-state index contributed by atoms with van der Waals surface area (Å²) in [6, 6.07) is 34.2. The minimum atomic E-state index is -2.07. The number of allylic oxidation sites excluding steroid dienone is 2. The number of esters is 1. The van der Waals surface area contributed by atoms with Crippen LogP contribution >= 0.6 is 0 Å². The molecule has 16 heteroatoms. The third-order valence-electron chi connectivity index (χ3n) is 14.7. The van der Waals surface area contributed by atoms with Crippen LogP contribution in [0.2, 0.25) is 0 Å². The van der Waals surface area contributed by atoms with Gasteiger partial charge in [0.1, 0.15) is 29.9 Å². The number of rotatable bonds is 8. The van der Waals surface area contributed by atoms with Gasteiger partial charge in [-0.15, -0.1) is 0 Å². The van der Waals surface area contributed by atoms with Gasteiger partial charge >= 0.3 is 12.1 Å². The van der Waals surface area contributed by atoms with Crippen LogP contribution in [0, 0.1) is 27.9 Å². The number of phenols is 1. The van der Waals surface area contributed by atoms with Gasteiger partial charge in [-0.05, 0) is 108 Å². The summed E-state index contributed by atoms with van der Waals surface area (Å²) in [4.78, 5) is 89.8. The molecule has 366 valence electrons. The SMILES string of the molecule is O=C1O[C@@H](c2ccccc2)[C@@H](c2ccccc2)N2[C@@H](c3ccc(O)cc3)[C@]3(C(=O)N(C(=O)OCc4ccc([N+](=O)[O-])cc4)c4ccc(C#CC5=CCCCC5)cc43)[C@@H](C(=O)N3CCN(c4ncccn4)CC3)[C@H]12. The maximum absolute atomic E-state index is 16.7. The molecule has 1 spiro atoms. The van der Waals surface area contributed by atoms with Crippen molar-refractivity contribution >= 4 is 41.2 Å². The number of carbonyl (C=O) groups is 4. The summed E-state index contributed by atoms with van der Waals surface area (Å²) in [5, 5.41) is 22.3. The number of amides is 3. The Hall–Kier alpha value is -8.68. The fourth-order valence-electron chi connectivity index (χ4n) is 11.4. The van der Waals surface area contributed by atoms with Crippen LogP contribution in [0.1, 0.15) is 77.3 Å². The molecule has 6 atom stereocenters. The third kappa shape index (κ3) is 8.40. The van der Waals surface area contributed by atoms with E-state index in [0.29, 0.717) is 41.3 Å². The maximum Gasteiger partial charge on any atom is 0.421 e. The average Bonchev–Trinajstić information content (AvgIpc) is 3.92. The molecule has 5 heterocycles.